The van der Waals surface area contributed by atoms with Gasteiger partial charge >= 0.3 is 0 Å². The van der Waals surface area contributed by atoms with Crippen molar-refractivity contribution in [3.05, 3.63) is 5.82 Å². The van der Waals surface area contributed by atoms with Gasteiger partial charge in [-0.1, -0.05) is 18.2 Å². The minimum atomic E-state index is 0.323. The van der Waals surface area contributed by atoms with Gasteiger partial charge in [0.2, 0.25) is 0 Å². The number of fused-ring (bicyclic) bond motifs is 1. The Morgan fingerprint density at radius 1 is 1.25 bits per heavy atom. The second-order valence-corrected chi connectivity index (χ2v) is 6.48. The van der Waals surface area contributed by atoms with Gasteiger partial charge in [-0.05, 0) is 25.7 Å². The molecule has 1 aromatic rings. The van der Waals surface area contributed by atoms with Gasteiger partial charge in [-0.2, -0.15) is 0 Å². The van der Waals surface area contributed by atoms with Crippen molar-refractivity contribution in [2.75, 3.05) is 25.6 Å². The van der Waals surface area contributed by atoms with Crippen molar-refractivity contribution in [2.24, 2.45) is 0 Å². The van der Waals surface area contributed by atoms with E-state index >= 15 is 0 Å². The highest BCUT2D eigenvalue weighted by molar-refractivity contribution is 7.99. The van der Waals surface area contributed by atoms with Crippen molar-refractivity contribution in [2.45, 2.75) is 56.3 Å². The van der Waals surface area contributed by atoms with Crippen LogP contribution in [0.3, 0.4) is 0 Å². The predicted octanol–water partition coefficient (Wildman–Crippen LogP) is 2.29. The Hall–Kier alpha value is -0.590. The Labute approximate surface area is 124 Å². The Kier molecular flexibility index (Phi) is 5.33. The third-order valence-electron chi connectivity index (χ3n) is 3.86. The molecule has 20 heavy (non-hydrogen) atoms. The first-order chi connectivity index (χ1) is 9.93. The summed E-state index contributed by atoms with van der Waals surface area (Å²) < 4.78 is 13.5. The number of thioether (sulfide) groups is 1. The standard InChI is InChI=1S/C14H23N3O2S/c1-2-6-13-15-16-14(17(13)7-3-1)20-10-9-18-11-12-5-4-8-19-12/h12H,1-11H2/t12-/m0/s1. The number of nitrogens with zero attached hydrogens (tertiary/aromatic N) is 3. The average Bonchev–Trinajstić information content (AvgIpc) is 3.04. The number of hydrogen-bond donors (Lipinski definition) is 0. The SMILES string of the molecule is C1CCc2nnc(SCCOC[C@@H]3CCCO3)n2CC1. The van der Waals surface area contributed by atoms with Crippen LogP contribution in [-0.4, -0.2) is 46.4 Å². The van der Waals surface area contributed by atoms with E-state index in [4.69, 9.17) is 9.47 Å². The van der Waals surface area contributed by atoms with Crippen molar-refractivity contribution in [3.8, 4) is 0 Å². The van der Waals surface area contributed by atoms with Crippen LogP contribution in [0.25, 0.3) is 0 Å². The molecule has 6 heteroatoms. The van der Waals surface area contributed by atoms with Crippen LogP contribution in [0, 0.1) is 0 Å². The van der Waals surface area contributed by atoms with Crippen molar-refractivity contribution < 1.29 is 9.47 Å². The highest BCUT2D eigenvalue weighted by Crippen LogP contribution is 2.21. The average molecular weight is 297 g/mol. The van der Waals surface area contributed by atoms with Gasteiger partial charge in [-0.15, -0.1) is 10.2 Å². The summed E-state index contributed by atoms with van der Waals surface area (Å²) in [6.45, 7) is 3.46. The second-order valence-electron chi connectivity index (χ2n) is 5.42. The maximum Gasteiger partial charge on any atom is 0.191 e. The van der Waals surface area contributed by atoms with Gasteiger partial charge in [0.05, 0.1) is 19.3 Å². The predicted molar refractivity (Wildman–Crippen MR) is 78.1 cm³/mol. The summed E-state index contributed by atoms with van der Waals surface area (Å²) in [7, 11) is 0. The van der Waals surface area contributed by atoms with E-state index in [-0.39, 0.29) is 0 Å². The van der Waals surface area contributed by atoms with Gasteiger partial charge in [-0.3, -0.25) is 0 Å². The van der Waals surface area contributed by atoms with Crippen molar-refractivity contribution in [1.29, 1.82) is 0 Å². The molecule has 0 saturated carbocycles. The maximum atomic E-state index is 5.68. The molecular formula is C14H23N3O2S. The number of ether oxygens (including phenoxy) is 2. The summed E-state index contributed by atoms with van der Waals surface area (Å²) in [5.74, 6) is 2.09. The largest absolute Gasteiger partial charge is 0.378 e. The third kappa shape index (κ3) is 3.74. The van der Waals surface area contributed by atoms with Crippen LogP contribution >= 0.6 is 11.8 Å². The number of aromatic nitrogens is 3. The Balaban J connectivity index is 1.39. The maximum absolute atomic E-state index is 5.68. The zero-order chi connectivity index (χ0) is 13.6. The lowest BCUT2D eigenvalue weighted by Crippen LogP contribution is -2.15. The molecule has 1 saturated heterocycles. The summed E-state index contributed by atoms with van der Waals surface area (Å²) in [5, 5.41) is 9.68. The molecular weight excluding hydrogens is 274 g/mol. The van der Waals surface area contributed by atoms with Crippen LogP contribution in [0.2, 0.25) is 0 Å². The van der Waals surface area contributed by atoms with Gasteiger partial charge in [0.25, 0.3) is 0 Å². The monoisotopic (exact) mass is 297 g/mol. The molecule has 0 spiro atoms. The van der Waals surface area contributed by atoms with Gasteiger partial charge in [0.15, 0.2) is 5.16 Å². The van der Waals surface area contributed by atoms with Crippen molar-refractivity contribution in [1.82, 2.24) is 14.8 Å². The zero-order valence-corrected chi connectivity index (χ0v) is 12.7. The van der Waals surface area contributed by atoms with Gasteiger partial charge in [0.1, 0.15) is 5.82 Å². The molecule has 1 aromatic heterocycles. The highest BCUT2D eigenvalue weighted by atomic mass is 32.2. The van der Waals surface area contributed by atoms with Gasteiger partial charge in [-0.25, -0.2) is 0 Å². The summed E-state index contributed by atoms with van der Waals surface area (Å²) in [6, 6.07) is 0. The van der Waals surface area contributed by atoms with E-state index in [1.165, 1.54) is 25.7 Å². The Morgan fingerprint density at radius 2 is 2.25 bits per heavy atom. The quantitative estimate of drug-likeness (QED) is 0.595. The second kappa shape index (κ2) is 7.43. The van der Waals surface area contributed by atoms with E-state index in [1.54, 1.807) is 11.8 Å². The molecule has 3 heterocycles. The molecule has 0 amide bonds. The lowest BCUT2D eigenvalue weighted by molar-refractivity contribution is 0.0226. The molecule has 1 atom stereocenters. The molecule has 0 N–H and O–H groups in total. The summed E-state index contributed by atoms with van der Waals surface area (Å²) in [6.07, 6.45) is 7.51. The smallest absolute Gasteiger partial charge is 0.191 e. The minimum absolute atomic E-state index is 0.323. The van der Waals surface area contributed by atoms with E-state index in [0.29, 0.717) is 6.10 Å². The molecule has 3 rings (SSSR count). The first kappa shape index (κ1) is 14.4. The molecule has 0 bridgehead atoms. The van der Waals surface area contributed by atoms with Crippen LogP contribution in [0.1, 0.15) is 37.9 Å². The molecule has 0 aromatic carbocycles. The molecule has 112 valence electrons. The lowest BCUT2D eigenvalue weighted by Gasteiger charge is -2.10. The molecule has 1 fully saturated rings. The number of rotatable bonds is 6. The molecule has 2 aliphatic heterocycles. The summed E-state index contributed by atoms with van der Waals surface area (Å²) in [5.41, 5.74) is 0. The van der Waals surface area contributed by atoms with Crippen molar-refractivity contribution in [3.63, 3.8) is 0 Å². The van der Waals surface area contributed by atoms with Crippen LogP contribution in [-0.2, 0) is 22.4 Å². The van der Waals surface area contributed by atoms with Crippen LogP contribution < -0.4 is 0 Å². The van der Waals surface area contributed by atoms with Gasteiger partial charge < -0.3 is 14.0 Å². The normalized spacial score (nSPS) is 22.7. The topological polar surface area (TPSA) is 49.2 Å². The number of aryl methyl sites for hydroxylation is 1. The summed E-state index contributed by atoms with van der Waals surface area (Å²) in [4.78, 5) is 0. The fraction of sp³-hybridized carbons (Fsp3) is 0.857. The van der Waals surface area contributed by atoms with E-state index in [2.05, 4.69) is 14.8 Å². The van der Waals surface area contributed by atoms with Crippen molar-refractivity contribution >= 4 is 11.8 Å². The molecule has 0 radical (unpaired) electrons. The Bertz CT molecular complexity index is 419. The fourth-order valence-corrected chi connectivity index (χ4v) is 3.58. The molecule has 5 nitrogen and oxygen atoms in total. The third-order valence-corrected chi connectivity index (χ3v) is 4.79. The van der Waals surface area contributed by atoms with Crippen LogP contribution in [0.15, 0.2) is 5.16 Å². The zero-order valence-electron chi connectivity index (χ0n) is 11.9. The summed E-state index contributed by atoms with van der Waals surface area (Å²) >= 11 is 1.76. The van der Waals surface area contributed by atoms with Gasteiger partial charge in [0, 0.05) is 25.3 Å². The Morgan fingerprint density at radius 3 is 3.15 bits per heavy atom. The fourth-order valence-electron chi connectivity index (χ4n) is 2.75. The molecule has 0 aliphatic carbocycles. The lowest BCUT2D eigenvalue weighted by atomic mass is 10.2. The highest BCUT2D eigenvalue weighted by Gasteiger charge is 2.16. The van der Waals surface area contributed by atoms with Crippen LogP contribution in [0.4, 0.5) is 0 Å². The first-order valence-electron chi connectivity index (χ1n) is 7.68. The number of hydrogen-bond acceptors (Lipinski definition) is 5. The van der Waals surface area contributed by atoms with Crippen LogP contribution in [0.5, 0.6) is 0 Å². The molecule has 2 aliphatic rings. The molecule has 0 unspecified atom stereocenters. The van der Waals surface area contributed by atoms with E-state index < -0.39 is 0 Å². The van der Waals surface area contributed by atoms with E-state index in [1.807, 2.05) is 0 Å². The first-order valence-corrected chi connectivity index (χ1v) is 8.66. The van der Waals surface area contributed by atoms with E-state index in [9.17, 15) is 0 Å². The van der Waals surface area contributed by atoms with E-state index in [0.717, 1.165) is 55.9 Å². The minimum Gasteiger partial charge on any atom is -0.378 e.